The molecule has 1 N–H and O–H groups in total. The first-order valence-corrected chi connectivity index (χ1v) is 6.84. The molecule has 0 radical (unpaired) electrons. The van der Waals surface area contributed by atoms with Crippen LogP contribution in [0.3, 0.4) is 0 Å². The molecule has 0 saturated carbocycles. The van der Waals surface area contributed by atoms with E-state index in [0.29, 0.717) is 5.92 Å². The average Bonchev–Trinajstić information content (AvgIpc) is 2.89. The van der Waals surface area contributed by atoms with Crippen LogP contribution in [-0.4, -0.2) is 44.8 Å². The number of ether oxygens (including phenoxy) is 1. The number of rotatable bonds is 7. The first-order chi connectivity index (χ1) is 8.84. The van der Waals surface area contributed by atoms with Crippen LogP contribution >= 0.6 is 0 Å². The van der Waals surface area contributed by atoms with Gasteiger partial charge in [-0.25, -0.2) is 0 Å². The van der Waals surface area contributed by atoms with E-state index in [1.807, 2.05) is 12.1 Å². The largest absolute Gasteiger partial charge is 0.468 e. The minimum atomic E-state index is 0.717. The first kappa shape index (κ1) is 13.6. The summed E-state index contributed by atoms with van der Waals surface area (Å²) in [5, 5.41) is 3.39. The van der Waals surface area contributed by atoms with Gasteiger partial charge < -0.3 is 19.4 Å². The second kappa shape index (κ2) is 7.56. The molecule has 1 aromatic rings. The second-order valence-electron chi connectivity index (χ2n) is 5.10. The number of likely N-dealkylation sites (N-methyl/N-ethyl adjacent to an activating group) is 1. The Labute approximate surface area is 109 Å². The van der Waals surface area contributed by atoms with E-state index in [1.165, 1.54) is 12.8 Å². The van der Waals surface area contributed by atoms with Crippen molar-refractivity contribution < 1.29 is 9.15 Å². The number of hydrogen-bond acceptors (Lipinski definition) is 4. The normalized spacial score (nSPS) is 20.4. The Balaban J connectivity index is 1.52. The van der Waals surface area contributed by atoms with Crippen molar-refractivity contribution in [1.29, 1.82) is 0 Å². The summed E-state index contributed by atoms with van der Waals surface area (Å²) in [6.07, 6.45) is 4.24. The van der Waals surface area contributed by atoms with Gasteiger partial charge in [0.1, 0.15) is 5.76 Å². The van der Waals surface area contributed by atoms with Crippen LogP contribution < -0.4 is 5.32 Å². The third-order valence-electron chi connectivity index (χ3n) is 3.37. The number of nitrogens with zero attached hydrogens (tertiary/aromatic N) is 1. The van der Waals surface area contributed by atoms with E-state index in [0.717, 1.165) is 45.2 Å². The smallest absolute Gasteiger partial charge is 0.117 e. The molecule has 102 valence electrons. The summed E-state index contributed by atoms with van der Waals surface area (Å²) in [5.41, 5.74) is 0. The van der Waals surface area contributed by atoms with E-state index in [2.05, 4.69) is 17.3 Å². The maximum atomic E-state index is 5.50. The van der Waals surface area contributed by atoms with Crippen molar-refractivity contribution in [3.05, 3.63) is 24.2 Å². The Morgan fingerprint density at radius 1 is 1.50 bits per heavy atom. The highest BCUT2D eigenvalue weighted by molar-refractivity contribution is 4.97. The second-order valence-corrected chi connectivity index (χ2v) is 5.10. The third kappa shape index (κ3) is 4.80. The molecule has 18 heavy (non-hydrogen) atoms. The fourth-order valence-electron chi connectivity index (χ4n) is 2.38. The van der Waals surface area contributed by atoms with Crippen LogP contribution in [0.15, 0.2) is 22.8 Å². The Morgan fingerprint density at radius 3 is 3.17 bits per heavy atom. The molecule has 1 aliphatic heterocycles. The Kier molecular flexibility index (Phi) is 5.71. The fourth-order valence-corrected chi connectivity index (χ4v) is 2.38. The van der Waals surface area contributed by atoms with Crippen LogP contribution in [-0.2, 0) is 11.3 Å². The molecule has 1 saturated heterocycles. The lowest BCUT2D eigenvalue weighted by molar-refractivity contribution is 0.0422. The van der Waals surface area contributed by atoms with Crippen molar-refractivity contribution >= 4 is 0 Å². The average molecular weight is 252 g/mol. The lowest BCUT2D eigenvalue weighted by atomic mass is 10.0. The fraction of sp³-hybridized carbons (Fsp3) is 0.714. The minimum absolute atomic E-state index is 0.717. The summed E-state index contributed by atoms with van der Waals surface area (Å²) in [5.74, 6) is 1.71. The molecular weight excluding hydrogens is 228 g/mol. The molecule has 0 amide bonds. The molecule has 1 aliphatic rings. The Bertz CT molecular complexity index is 308. The molecule has 1 fully saturated rings. The van der Waals surface area contributed by atoms with Gasteiger partial charge in [-0.15, -0.1) is 0 Å². The molecule has 1 aromatic heterocycles. The predicted molar refractivity (Wildman–Crippen MR) is 71.5 cm³/mol. The monoisotopic (exact) mass is 252 g/mol. The lowest BCUT2D eigenvalue weighted by Gasteiger charge is -2.27. The number of furan rings is 1. The quantitative estimate of drug-likeness (QED) is 0.750. The van der Waals surface area contributed by atoms with E-state index < -0.39 is 0 Å². The van der Waals surface area contributed by atoms with Gasteiger partial charge in [0.2, 0.25) is 0 Å². The van der Waals surface area contributed by atoms with Gasteiger partial charge in [0, 0.05) is 26.2 Å². The molecule has 4 heteroatoms. The van der Waals surface area contributed by atoms with E-state index in [4.69, 9.17) is 9.15 Å². The van der Waals surface area contributed by atoms with Crippen molar-refractivity contribution in [1.82, 2.24) is 10.2 Å². The molecule has 2 heterocycles. The van der Waals surface area contributed by atoms with E-state index in [1.54, 1.807) is 6.26 Å². The van der Waals surface area contributed by atoms with Crippen molar-refractivity contribution in [3.8, 4) is 0 Å². The number of nitrogens with one attached hydrogen (secondary N) is 1. The molecule has 4 nitrogen and oxygen atoms in total. The van der Waals surface area contributed by atoms with Crippen LogP contribution in [0.5, 0.6) is 0 Å². The van der Waals surface area contributed by atoms with Crippen LogP contribution in [0.1, 0.15) is 18.6 Å². The molecule has 0 bridgehead atoms. The van der Waals surface area contributed by atoms with Crippen LogP contribution in [0.4, 0.5) is 0 Å². The topological polar surface area (TPSA) is 37.6 Å². The molecular formula is C14H24N2O2. The zero-order valence-corrected chi connectivity index (χ0v) is 11.2. The first-order valence-electron chi connectivity index (χ1n) is 6.84. The lowest BCUT2D eigenvalue weighted by Crippen LogP contribution is -2.35. The van der Waals surface area contributed by atoms with Gasteiger partial charge in [-0.05, 0) is 37.9 Å². The molecule has 0 aromatic carbocycles. The summed E-state index contributed by atoms with van der Waals surface area (Å²) >= 11 is 0. The SMILES string of the molecule is CN(CCNCc1ccco1)CC1CCCOC1. The highest BCUT2D eigenvalue weighted by Gasteiger charge is 2.15. The Morgan fingerprint density at radius 2 is 2.44 bits per heavy atom. The summed E-state index contributed by atoms with van der Waals surface area (Å²) in [6.45, 7) is 5.90. The van der Waals surface area contributed by atoms with Crippen LogP contribution in [0, 0.1) is 5.92 Å². The van der Waals surface area contributed by atoms with Crippen molar-refractivity contribution in [2.75, 3.05) is 39.9 Å². The molecule has 1 unspecified atom stereocenters. The van der Waals surface area contributed by atoms with Gasteiger partial charge in [0.15, 0.2) is 0 Å². The van der Waals surface area contributed by atoms with Gasteiger partial charge in [-0.3, -0.25) is 0 Å². The maximum absolute atomic E-state index is 5.50. The van der Waals surface area contributed by atoms with Crippen molar-refractivity contribution in [2.45, 2.75) is 19.4 Å². The summed E-state index contributed by atoms with van der Waals surface area (Å²) in [7, 11) is 2.18. The summed E-state index contributed by atoms with van der Waals surface area (Å²) < 4.78 is 10.8. The maximum Gasteiger partial charge on any atom is 0.117 e. The van der Waals surface area contributed by atoms with Crippen LogP contribution in [0.2, 0.25) is 0 Å². The van der Waals surface area contributed by atoms with Crippen molar-refractivity contribution in [3.63, 3.8) is 0 Å². The standard InChI is InChI=1S/C14H24N2O2/c1-16(11-13-4-2-8-17-12-13)7-6-15-10-14-5-3-9-18-14/h3,5,9,13,15H,2,4,6-8,10-12H2,1H3. The van der Waals surface area contributed by atoms with Gasteiger partial charge in [-0.1, -0.05) is 0 Å². The highest BCUT2D eigenvalue weighted by atomic mass is 16.5. The number of hydrogen-bond donors (Lipinski definition) is 1. The van der Waals surface area contributed by atoms with Gasteiger partial charge in [0.25, 0.3) is 0 Å². The van der Waals surface area contributed by atoms with E-state index in [9.17, 15) is 0 Å². The highest BCUT2D eigenvalue weighted by Crippen LogP contribution is 2.13. The summed E-state index contributed by atoms with van der Waals surface area (Å²) in [4.78, 5) is 2.38. The predicted octanol–water partition coefficient (Wildman–Crippen LogP) is 1.73. The van der Waals surface area contributed by atoms with E-state index >= 15 is 0 Å². The molecule has 1 atom stereocenters. The van der Waals surface area contributed by atoms with E-state index in [-0.39, 0.29) is 0 Å². The minimum Gasteiger partial charge on any atom is -0.468 e. The van der Waals surface area contributed by atoms with Gasteiger partial charge in [0.05, 0.1) is 19.4 Å². The van der Waals surface area contributed by atoms with Gasteiger partial charge in [-0.2, -0.15) is 0 Å². The molecule has 2 rings (SSSR count). The third-order valence-corrected chi connectivity index (χ3v) is 3.37. The van der Waals surface area contributed by atoms with Gasteiger partial charge >= 0.3 is 0 Å². The Hall–Kier alpha value is -0.840. The zero-order chi connectivity index (χ0) is 12.6. The molecule has 0 spiro atoms. The van der Waals surface area contributed by atoms with Crippen LogP contribution in [0.25, 0.3) is 0 Å². The van der Waals surface area contributed by atoms with Crippen molar-refractivity contribution in [2.24, 2.45) is 5.92 Å². The molecule has 0 aliphatic carbocycles. The summed E-state index contributed by atoms with van der Waals surface area (Å²) in [6, 6.07) is 3.92. The zero-order valence-electron chi connectivity index (χ0n) is 11.2.